The third kappa shape index (κ3) is 5.52. The van der Waals surface area contributed by atoms with E-state index in [2.05, 4.69) is 40.2 Å². The Morgan fingerprint density at radius 3 is 2.70 bits per heavy atom. The van der Waals surface area contributed by atoms with Gasteiger partial charge < -0.3 is 9.64 Å². The summed E-state index contributed by atoms with van der Waals surface area (Å²) in [6, 6.07) is 14.6. The van der Waals surface area contributed by atoms with Crippen molar-refractivity contribution in [1.82, 2.24) is 4.90 Å². The summed E-state index contributed by atoms with van der Waals surface area (Å²) in [5.74, 6) is -0.0317. The maximum atomic E-state index is 12.7. The van der Waals surface area contributed by atoms with Gasteiger partial charge >= 0.3 is 0 Å². The highest BCUT2D eigenvalue weighted by molar-refractivity contribution is 9.10. The SMILES string of the molecule is N#CCCN(C(=O)/C=C/c1ccc(-c2ccc(Br)cc2)s1)C1CCOCC1. The second kappa shape index (κ2) is 9.84. The van der Waals surface area contributed by atoms with Gasteiger partial charge in [-0.15, -0.1) is 11.3 Å². The standard InChI is InChI=1S/C21H21BrN2O2S/c22-17-4-2-16(3-5-17)20-8-6-19(27-20)7-9-21(25)24(13-1-12-23)18-10-14-26-15-11-18/h2-9,18H,1,10-11,13-15H2/b9-7+. The van der Waals surface area contributed by atoms with Crippen LogP contribution in [-0.4, -0.2) is 36.6 Å². The summed E-state index contributed by atoms with van der Waals surface area (Å²) in [4.78, 5) is 16.8. The summed E-state index contributed by atoms with van der Waals surface area (Å²) in [5, 5.41) is 8.90. The fourth-order valence-electron chi connectivity index (χ4n) is 3.10. The summed E-state index contributed by atoms with van der Waals surface area (Å²) in [5.41, 5.74) is 1.16. The van der Waals surface area contributed by atoms with E-state index in [9.17, 15) is 4.79 Å². The van der Waals surface area contributed by atoms with Gasteiger partial charge in [0, 0.05) is 46.1 Å². The first-order valence-electron chi connectivity index (χ1n) is 8.96. The van der Waals surface area contributed by atoms with Crippen molar-refractivity contribution in [1.29, 1.82) is 5.26 Å². The van der Waals surface area contributed by atoms with Crippen molar-refractivity contribution >= 4 is 39.2 Å². The average molecular weight is 445 g/mol. The van der Waals surface area contributed by atoms with Crippen LogP contribution in [0.4, 0.5) is 0 Å². The second-order valence-corrected chi connectivity index (χ2v) is 8.36. The van der Waals surface area contributed by atoms with Crippen LogP contribution in [0.1, 0.15) is 24.1 Å². The molecule has 1 aromatic carbocycles. The summed E-state index contributed by atoms with van der Waals surface area (Å²) >= 11 is 5.10. The highest BCUT2D eigenvalue weighted by atomic mass is 79.9. The van der Waals surface area contributed by atoms with E-state index >= 15 is 0 Å². The van der Waals surface area contributed by atoms with Crippen LogP contribution < -0.4 is 0 Å². The minimum Gasteiger partial charge on any atom is -0.381 e. The highest BCUT2D eigenvalue weighted by Crippen LogP contribution is 2.29. The van der Waals surface area contributed by atoms with Gasteiger partial charge in [-0.1, -0.05) is 28.1 Å². The maximum Gasteiger partial charge on any atom is 0.246 e. The topological polar surface area (TPSA) is 53.3 Å². The third-order valence-corrected chi connectivity index (χ3v) is 6.15. The van der Waals surface area contributed by atoms with Crippen molar-refractivity contribution in [3.8, 4) is 16.5 Å². The Bertz CT molecular complexity index is 833. The van der Waals surface area contributed by atoms with E-state index in [0.29, 0.717) is 26.2 Å². The molecule has 1 saturated heterocycles. The molecule has 0 spiro atoms. The largest absolute Gasteiger partial charge is 0.381 e. The smallest absolute Gasteiger partial charge is 0.246 e. The lowest BCUT2D eigenvalue weighted by atomic mass is 10.1. The lowest BCUT2D eigenvalue weighted by Crippen LogP contribution is -2.43. The minimum atomic E-state index is -0.0317. The Morgan fingerprint density at radius 2 is 2.00 bits per heavy atom. The monoisotopic (exact) mass is 444 g/mol. The van der Waals surface area contributed by atoms with Crippen molar-refractivity contribution in [2.45, 2.75) is 25.3 Å². The molecule has 140 valence electrons. The van der Waals surface area contributed by atoms with Crippen LogP contribution >= 0.6 is 27.3 Å². The quantitative estimate of drug-likeness (QED) is 0.581. The summed E-state index contributed by atoms with van der Waals surface area (Å²) in [6.07, 6.45) is 5.51. The van der Waals surface area contributed by atoms with Crippen molar-refractivity contribution in [2.75, 3.05) is 19.8 Å². The first kappa shape index (κ1) is 19.8. The first-order valence-corrected chi connectivity index (χ1v) is 10.6. The predicted molar refractivity (Wildman–Crippen MR) is 112 cm³/mol. The third-order valence-electron chi connectivity index (χ3n) is 4.52. The van der Waals surface area contributed by atoms with E-state index in [4.69, 9.17) is 10.00 Å². The number of rotatable bonds is 6. The van der Waals surface area contributed by atoms with Crippen LogP contribution in [0.25, 0.3) is 16.5 Å². The predicted octanol–water partition coefficient (Wildman–Crippen LogP) is 5.11. The second-order valence-electron chi connectivity index (χ2n) is 6.33. The van der Waals surface area contributed by atoms with Crippen molar-refractivity contribution in [3.05, 3.63) is 51.8 Å². The fourth-order valence-corrected chi connectivity index (χ4v) is 4.28. The zero-order valence-corrected chi connectivity index (χ0v) is 17.3. The first-order chi connectivity index (χ1) is 13.2. The molecule has 4 nitrogen and oxygen atoms in total. The van der Waals surface area contributed by atoms with E-state index < -0.39 is 0 Å². The van der Waals surface area contributed by atoms with Gasteiger partial charge in [-0.25, -0.2) is 0 Å². The molecule has 1 aliphatic heterocycles. The van der Waals surface area contributed by atoms with Crippen LogP contribution in [0.2, 0.25) is 0 Å². The number of hydrogen-bond donors (Lipinski definition) is 0. The number of hydrogen-bond acceptors (Lipinski definition) is 4. The van der Waals surface area contributed by atoms with Gasteiger partial charge in [-0.05, 0) is 48.7 Å². The number of ether oxygens (including phenoxy) is 1. The molecule has 0 bridgehead atoms. The van der Waals surface area contributed by atoms with Crippen molar-refractivity contribution in [2.24, 2.45) is 0 Å². The van der Waals surface area contributed by atoms with Crippen LogP contribution in [-0.2, 0) is 9.53 Å². The number of nitrogens with zero attached hydrogens (tertiary/aromatic N) is 2. The molecule has 1 aromatic heterocycles. The molecule has 1 fully saturated rings. The minimum absolute atomic E-state index is 0.0317. The molecule has 3 rings (SSSR count). The van der Waals surface area contributed by atoms with E-state index in [1.807, 2.05) is 29.2 Å². The zero-order valence-electron chi connectivity index (χ0n) is 14.9. The average Bonchev–Trinajstić information content (AvgIpc) is 3.17. The van der Waals surface area contributed by atoms with Gasteiger partial charge in [0.05, 0.1) is 12.5 Å². The van der Waals surface area contributed by atoms with Crippen molar-refractivity contribution < 1.29 is 9.53 Å². The molecule has 0 N–H and O–H groups in total. The molecule has 1 amide bonds. The molecule has 2 aromatic rings. The van der Waals surface area contributed by atoms with E-state index in [-0.39, 0.29) is 11.9 Å². The molecule has 0 saturated carbocycles. The van der Waals surface area contributed by atoms with Gasteiger partial charge in [0.15, 0.2) is 0 Å². The zero-order chi connectivity index (χ0) is 19.1. The summed E-state index contributed by atoms with van der Waals surface area (Å²) in [6.45, 7) is 1.82. The molecule has 0 radical (unpaired) electrons. The molecule has 0 aliphatic carbocycles. The molecule has 1 aliphatic rings. The molecular formula is C21H21BrN2O2S. The Hall–Kier alpha value is -1.94. The van der Waals surface area contributed by atoms with E-state index in [1.54, 1.807) is 17.4 Å². The molecule has 0 atom stereocenters. The lowest BCUT2D eigenvalue weighted by Gasteiger charge is -2.33. The molecule has 2 heterocycles. The van der Waals surface area contributed by atoms with Gasteiger partial charge in [0.1, 0.15) is 0 Å². The molecule has 6 heteroatoms. The number of benzene rings is 1. The lowest BCUT2D eigenvalue weighted by molar-refractivity contribution is -0.130. The number of amides is 1. The number of thiophene rings is 1. The van der Waals surface area contributed by atoms with Crippen LogP contribution in [0.5, 0.6) is 0 Å². The summed E-state index contributed by atoms with van der Waals surface area (Å²) in [7, 11) is 0. The van der Waals surface area contributed by atoms with Gasteiger partial charge in [-0.3, -0.25) is 4.79 Å². The van der Waals surface area contributed by atoms with Crippen LogP contribution in [0.15, 0.2) is 46.9 Å². The normalized spacial score (nSPS) is 15.0. The van der Waals surface area contributed by atoms with Crippen LogP contribution in [0, 0.1) is 11.3 Å². The number of nitriles is 1. The number of carbonyl (C=O) groups is 1. The van der Waals surface area contributed by atoms with Gasteiger partial charge in [0.2, 0.25) is 5.91 Å². The van der Waals surface area contributed by atoms with E-state index in [1.165, 1.54) is 4.88 Å². The Morgan fingerprint density at radius 1 is 1.26 bits per heavy atom. The highest BCUT2D eigenvalue weighted by Gasteiger charge is 2.24. The van der Waals surface area contributed by atoms with E-state index in [0.717, 1.165) is 27.8 Å². The van der Waals surface area contributed by atoms with Crippen molar-refractivity contribution in [3.63, 3.8) is 0 Å². The number of carbonyl (C=O) groups excluding carboxylic acids is 1. The fraction of sp³-hybridized carbons (Fsp3) is 0.333. The van der Waals surface area contributed by atoms with Crippen LogP contribution in [0.3, 0.4) is 0 Å². The molecule has 27 heavy (non-hydrogen) atoms. The maximum absolute atomic E-state index is 12.7. The molecular weight excluding hydrogens is 424 g/mol. The Kier molecular flexibility index (Phi) is 7.22. The van der Waals surface area contributed by atoms with Gasteiger partial charge in [0.25, 0.3) is 0 Å². The Labute approximate surface area is 172 Å². The van der Waals surface area contributed by atoms with Gasteiger partial charge in [-0.2, -0.15) is 5.26 Å². The Balaban J connectivity index is 1.68. The summed E-state index contributed by atoms with van der Waals surface area (Å²) < 4.78 is 6.45. The molecule has 0 unspecified atom stereocenters. The number of halogens is 1.